The second-order valence-electron chi connectivity index (χ2n) is 14.8. The summed E-state index contributed by atoms with van der Waals surface area (Å²) in [7, 11) is 0. The third-order valence-electron chi connectivity index (χ3n) is 11.4. The highest BCUT2D eigenvalue weighted by molar-refractivity contribution is 6.25. The van der Waals surface area contributed by atoms with Crippen LogP contribution in [0.5, 0.6) is 0 Å². The summed E-state index contributed by atoms with van der Waals surface area (Å²) in [5.74, 6) is 0. The van der Waals surface area contributed by atoms with Gasteiger partial charge < -0.3 is 9.47 Å². The second-order valence-corrected chi connectivity index (χ2v) is 14.8. The molecule has 0 atom stereocenters. The van der Waals surface area contributed by atoms with E-state index in [2.05, 4.69) is 234 Å². The molecule has 2 aromatic heterocycles. The number of rotatable bonds is 7. The first-order valence-corrected chi connectivity index (χ1v) is 19.8. The van der Waals surface area contributed by atoms with Gasteiger partial charge in [-0.25, -0.2) is 4.98 Å². The first-order valence-electron chi connectivity index (χ1n) is 19.8. The fraction of sp³-hybridized carbons (Fsp3) is 0. The van der Waals surface area contributed by atoms with Crippen LogP contribution in [-0.4, -0.2) is 9.55 Å². The Morgan fingerprint density at radius 2 is 0.862 bits per heavy atom. The van der Waals surface area contributed by atoms with Gasteiger partial charge in [-0.05, 0) is 88.3 Å². The summed E-state index contributed by atoms with van der Waals surface area (Å²) in [6.07, 6.45) is 0. The van der Waals surface area contributed by atoms with Crippen LogP contribution in [0.1, 0.15) is 0 Å². The number of hydrogen-bond acceptors (Lipinski definition) is 2. The van der Waals surface area contributed by atoms with E-state index in [0.717, 1.165) is 55.8 Å². The fourth-order valence-corrected chi connectivity index (χ4v) is 8.66. The van der Waals surface area contributed by atoms with E-state index in [1.165, 1.54) is 43.9 Å². The van der Waals surface area contributed by atoms with Crippen molar-refractivity contribution in [3.63, 3.8) is 0 Å². The maximum absolute atomic E-state index is 5.53. The maximum Gasteiger partial charge on any atom is 0.0810 e. The Kier molecular flexibility index (Phi) is 8.15. The lowest BCUT2D eigenvalue weighted by molar-refractivity contribution is 1.19. The van der Waals surface area contributed by atoms with Crippen molar-refractivity contribution in [3.8, 4) is 39.2 Å². The Morgan fingerprint density at radius 3 is 1.52 bits per heavy atom. The number of anilines is 3. The van der Waals surface area contributed by atoms with Gasteiger partial charge in [0.2, 0.25) is 0 Å². The van der Waals surface area contributed by atoms with E-state index in [4.69, 9.17) is 4.98 Å². The monoisotopic (exact) mass is 739 g/mol. The van der Waals surface area contributed by atoms with Gasteiger partial charge in [0.05, 0.1) is 22.2 Å². The van der Waals surface area contributed by atoms with E-state index >= 15 is 0 Å². The zero-order valence-corrected chi connectivity index (χ0v) is 31.7. The maximum atomic E-state index is 5.53. The smallest absolute Gasteiger partial charge is 0.0810 e. The van der Waals surface area contributed by atoms with Gasteiger partial charge in [-0.3, -0.25) is 0 Å². The minimum atomic E-state index is 0.958. The third kappa shape index (κ3) is 5.72. The summed E-state index contributed by atoms with van der Waals surface area (Å²) >= 11 is 0. The highest BCUT2D eigenvalue weighted by atomic mass is 15.1. The molecule has 0 spiro atoms. The lowest BCUT2D eigenvalue weighted by Crippen LogP contribution is -2.10. The van der Waals surface area contributed by atoms with Crippen LogP contribution >= 0.6 is 0 Å². The zero-order valence-electron chi connectivity index (χ0n) is 31.7. The lowest BCUT2D eigenvalue weighted by atomic mass is 9.97. The number of nitrogens with zero attached hydrogens (tertiary/aromatic N) is 3. The summed E-state index contributed by atoms with van der Waals surface area (Å²) in [5.41, 5.74) is 14.4. The Hall–Kier alpha value is -7.75. The highest BCUT2D eigenvalue weighted by Crippen LogP contribution is 2.44. The third-order valence-corrected chi connectivity index (χ3v) is 11.4. The highest BCUT2D eigenvalue weighted by Gasteiger charge is 2.21. The van der Waals surface area contributed by atoms with Crippen molar-refractivity contribution in [2.75, 3.05) is 4.90 Å². The molecule has 0 unspecified atom stereocenters. The summed E-state index contributed by atoms with van der Waals surface area (Å²) < 4.78 is 2.42. The van der Waals surface area contributed by atoms with Crippen molar-refractivity contribution in [3.05, 3.63) is 224 Å². The summed E-state index contributed by atoms with van der Waals surface area (Å²) in [5, 5.41) is 5.89. The molecule has 0 saturated heterocycles. The lowest BCUT2D eigenvalue weighted by Gasteiger charge is -2.26. The van der Waals surface area contributed by atoms with Gasteiger partial charge in [-0.2, -0.15) is 0 Å². The van der Waals surface area contributed by atoms with Crippen LogP contribution in [0.15, 0.2) is 224 Å². The predicted octanol–water partition coefficient (Wildman–Crippen LogP) is 15.0. The molecule has 0 bridgehead atoms. The summed E-state index contributed by atoms with van der Waals surface area (Å²) in [6, 6.07) is 80.4. The molecule has 3 heteroatoms. The standard InChI is InChI=1S/C55H37N3/c1-4-15-38(16-5-1)40-27-31-44(32-28-40)57(45-33-29-41(30-34-45)39-17-6-2-7-18-39)46-22-14-19-42(37-46)54-53-49(47-23-10-12-25-51(47)56-54)35-36-50-48-24-11-13-26-52(48)58(55(50)53)43-20-8-3-9-21-43/h1-37H. The van der Waals surface area contributed by atoms with Crippen LogP contribution < -0.4 is 4.90 Å². The molecule has 0 fully saturated rings. The average molecular weight is 740 g/mol. The van der Waals surface area contributed by atoms with Crippen molar-refractivity contribution in [2.24, 2.45) is 0 Å². The van der Waals surface area contributed by atoms with Crippen LogP contribution in [0, 0.1) is 0 Å². The molecule has 0 radical (unpaired) electrons. The Balaban J connectivity index is 1.15. The number of para-hydroxylation sites is 3. The largest absolute Gasteiger partial charge is 0.310 e. The minimum absolute atomic E-state index is 0.958. The Morgan fingerprint density at radius 1 is 0.345 bits per heavy atom. The van der Waals surface area contributed by atoms with Crippen LogP contribution in [0.25, 0.3) is 82.7 Å². The van der Waals surface area contributed by atoms with E-state index in [-0.39, 0.29) is 0 Å². The first kappa shape index (κ1) is 33.6. The summed E-state index contributed by atoms with van der Waals surface area (Å²) in [4.78, 5) is 7.89. The molecule has 0 aliphatic rings. The van der Waals surface area contributed by atoms with Crippen molar-refractivity contribution in [1.29, 1.82) is 0 Å². The van der Waals surface area contributed by atoms with E-state index < -0.39 is 0 Å². The number of fused-ring (bicyclic) bond motifs is 7. The molecule has 9 aromatic carbocycles. The van der Waals surface area contributed by atoms with Gasteiger partial charge in [0.15, 0.2) is 0 Å². The van der Waals surface area contributed by atoms with Gasteiger partial charge in [0.1, 0.15) is 0 Å². The van der Waals surface area contributed by atoms with E-state index in [0.29, 0.717) is 0 Å². The molecule has 0 aliphatic carbocycles. The van der Waals surface area contributed by atoms with Crippen molar-refractivity contribution in [1.82, 2.24) is 9.55 Å². The SMILES string of the molecule is c1ccc(-c2ccc(N(c3ccc(-c4ccccc4)cc3)c3cccc(-c4nc5ccccc5c5ccc6c7ccccc7n(-c7ccccc7)c6c45)c3)cc2)cc1. The van der Waals surface area contributed by atoms with E-state index in [1.807, 2.05) is 0 Å². The summed E-state index contributed by atoms with van der Waals surface area (Å²) in [6.45, 7) is 0. The topological polar surface area (TPSA) is 21.1 Å². The molecular weight excluding hydrogens is 703 g/mol. The van der Waals surface area contributed by atoms with Gasteiger partial charge in [0, 0.05) is 49.9 Å². The van der Waals surface area contributed by atoms with Crippen LogP contribution in [0.4, 0.5) is 17.1 Å². The number of pyridine rings is 1. The molecule has 11 aromatic rings. The fourth-order valence-electron chi connectivity index (χ4n) is 8.66. The quantitative estimate of drug-likeness (QED) is 0.152. The second kappa shape index (κ2) is 14.1. The molecule has 11 rings (SSSR count). The van der Waals surface area contributed by atoms with Crippen LogP contribution in [0.2, 0.25) is 0 Å². The first-order chi connectivity index (χ1) is 28.8. The van der Waals surface area contributed by atoms with Gasteiger partial charge in [-0.1, -0.05) is 164 Å². The molecule has 0 saturated carbocycles. The van der Waals surface area contributed by atoms with Crippen molar-refractivity contribution >= 4 is 60.5 Å². The molecule has 0 N–H and O–H groups in total. The van der Waals surface area contributed by atoms with Crippen LogP contribution in [-0.2, 0) is 0 Å². The Labute approximate surface area is 337 Å². The molecule has 58 heavy (non-hydrogen) atoms. The van der Waals surface area contributed by atoms with Crippen molar-refractivity contribution in [2.45, 2.75) is 0 Å². The normalized spacial score (nSPS) is 11.4. The van der Waals surface area contributed by atoms with Crippen molar-refractivity contribution < 1.29 is 0 Å². The van der Waals surface area contributed by atoms with E-state index in [9.17, 15) is 0 Å². The molecule has 0 aliphatic heterocycles. The minimum Gasteiger partial charge on any atom is -0.310 e. The van der Waals surface area contributed by atoms with Crippen LogP contribution in [0.3, 0.4) is 0 Å². The molecule has 3 nitrogen and oxygen atoms in total. The number of hydrogen-bond donors (Lipinski definition) is 0. The number of benzene rings is 9. The van der Waals surface area contributed by atoms with Gasteiger partial charge in [-0.15, -0.1) is 0 Å². The predicted molar refractivity (Wildman–Crippen MR) is 245 cm³/mol. The Bertz CT molecular complexity index is 3160. The van der Waals surface area contributed by atoms with Gasteiger partial charge >= 0.3 is 0 Å². The average Bonchev–Trinajstić information content (AvgIpc) is 3.65. The van der Waals surface area contributed by atoms with E-state index in [1.54, 1.807) is 0 Å². The molecule has 0 amide bonds. The van der Waals surface area contributed by atoms with Gasteiger partial charge in [0.25, 0.3) is 0 Å². The molecular formula is C55H37N3. The molecule has 2 heterocycles. The number of aromatic nitrogens is 2. The molecule has 272 valence electrons. The zero-order chi connectivity index (χ0) is 38.4.